The third kappa shape index (κ3) is 6.37. The van der Waals surface area contributed by atoms with Crippen LogP contribution in [0.4, 0.5) is 0 Å². The lowest BCUT2D eigenvalue weighted by Crippen LogP contribution is -2.45. The highest BCUT2D eigenvalue weighted by Gasteiger charge is 2.13. The van der Waals surface area contributed by atoms with Crippen molar-refractivity contribution in [2.24, 2.45) is 0 Å². The quantitative estimate of drug-likeness (QED) is 0.390. The van der Waals surface area contributed by atoms with Crippen molar-refractivity contribution < 1.29 is 14.4 Å². The maximum absolute atomic E-state index is 11.1. The molecule has 0 aromatic heterocycles. The minimum Gasteiger partial charge on any atom is -0.352 e. The lowest BCUT2D eigenvalue weighted by atomic mass is 10.4. The first-order valence-corrected chi connectivity index (χ1v) is 4.69. The summed E-state index contributed by atoms with van der Waals surface area (Å²) < 4.78 is 0. The second-order valence-corrected chi connectivity index (χ2v) is 3.25. The number of nitrogens with zero attached hydrogens (tertiary/aromatic N) is 1. The molecule has 7 nitrogen and oxygen atoms in total. The van der Waals surface area contributed by atoms with Gasteiger partial charge in [-0.05, 0) is 13.8 Å². The zero-order valence-electron chi connectivity index (χ0n) is 9.16. The summed E-state index contributed by atoms with van der Waals surface area (Å²) in [5.74, 6) is -2.25. The van der Waals surface area contributed by atoms with Gasteiger partial charge in [0.05, 0.1) is 12.6 Å². The van der Waals surface area contributed by atoms with Crippen molar-refractivity contribution >= 4 is 17.7 Å². The van der Waals surface area contributed by atoms with Gasteiger partial charge in [0, 0.05) is 6.04 Å². The lowest BCUT2D eigenvalue weighted by molar-refractivity contribution is -0.139. The molecule has 0 bridgehead atoms. The molecule has 0 heterocycles. The molecule has 3 N–H and O–H groups in total. The third-order valence-corrected chi connectivity index (χ3v) is 1.39. The third-order valence-electron chi connectivity index (χ3n) is 1.39. The van der Waals surface area contributed by atoms with Gasteiger partial charge in [0.25, 0.3) is 0 Å². The van der Waals surface area contributed by atoms with Crippen molar-refractivity contribution in [3.8, 4) is 6.07 Å². The highest BCUT2D eigenvalue weighted by Crippen LogP contribution is 1.76. The maximum Gasteiger partial charge on any atom is 0.310 e. The maximum atomic E-state index is 11.1. The van der Waals surface area contributed by atoms with Crippen LogP contribution in [0.3, 0.4) is 0 Å². The summed E-state index contributed by atoms with van der Waals surface area (Å²) in [6.07, 6.45) is 0. The SMILES string of the molecule is CC(C)NC(=O)CNC(=O)C(=O)NCC#N. The number of hydrogen-bond donors (Lipinski definition) is 3. The molecule has 0 radical (unpaired) electrons. The number of carbonyl (C=O) groups excluding carboxylic acids is 3. The molecule has 0 aromatic carbocycles. The lowest BCUT2D eigenvalue weighted by Gasteiger charge is -2.08. The predicted molar refractivity (Wildman–Crippen MR) is 54.9 cm³/mol. The Hall–Kier alpha value is -2.10. The zero-order chi connectivity index (χ0) is 12.6. The number of rotatable bonds is 4. The van der Waals surface area contributed by atoms with E-state index in [0.29, 0.717) is 0 Å². The molecule has 88 valence electrons. The van der Waals surface area contributed by atoms with Crippen LogP contribution in [-0.4, -0.2) is 36.9 Å². The molecular formula is C9H14N4O3. The van der Waals surface area contributed by atoms with E-state index < -0.39 is 11.8 Å². The molecule has 0 saturated carbocycles. The fourth-order valence-corrected chi connectivity index (χ4v) is 0.814. The van der Waals surface area contributed by atoms with Crippen LogP contribution in [0.15, 0.2) is 0 Å². The number of carbonyl (C=O) groups is 3. The summed E-state index contributed by atoms with van der Waals surface area (Å²) in [6, 6.07) is 1.62. The number of nitriles is 1. The van der Waals surface area contributed by atoms with E-state index >= 15 is 0 Å². The molecule has 0 unspecified atom stereocenters. The molecule has 0 aliphatic rings. The van der Waals surface area contributed by atoms with Crippen molar-refractivity contribution in [1.82, 2.24) is 16.0 Å². The van der Waals surface area contributed by atoms with Crippen LogP contribution < -0.4 is 16.0 Å². The number of nitrogens with one attached hydrogen (secondary N) is 3. The van der Waals surface area contributed by atoms with Crippen molar-refractivity contribution in [2.45, 2.75) is 19.9 Å². The van der Waals surface area contributed by atoms with Gasteiger partial charge in [-0.2, -0.15) is 5.26 Å². The van der Waals surface area contributed by atoms with Gasteiger partial charge in [0.1, 0.15) is 6.54 Å². The Morgan fingerprint density at radius 3 is 2.25 bits per heavy atom. The standard InChI is InChI=1S/C9H14N4O3/c1-6(2)13-7(14)5-12-9(16)8(15)11-4-3-10/h6H,4-5H2,1-2H3,(H,11,15)(H,12,16)(H,13,14). The van der Waals surface area contributed by atoms with Gasteiger partial charge in [-0.3, -0.25) is 14.4 Å². The summed E-state index contributed by atoms with van der Waals surface area (Å²) in [6.45, 7) is 3.04. The molecule has 16 heavy (non-hydrogen) atoms. The Balaban J connectivity index is 3.85. The molecule has 0 spiro atoms. The Labute approximate surface area is 93.2 Å². The van der Waals surface area contributed by atoms with Gasteiger partial charge in [-0.1, -0.05) is 0 Å². The van der Waals surface area contributed by atoms with E-state index in [1.54, 1.807) is 19.9 Å². The number of hydrogen-bond acceptors (Lipinski definition) is 4. The van der Waals surface area contributed by atoms with E-state index in [0.717, 1.165) is 0 Å². The molecule has 3 amide bonds. The Morgan fingerprint density at radius 1 is 1.19 bits per heavy atom. The molecule has 0 rings (SSSR count). The van der Waals surface area contributed by atoms with Gasteiger partial charge < -0.3 is 16.0 Å². The average molecular weight is 226 g/mol. The van der Waals surface area contributed by atoms with Gasteiger partial charge >= 0.3 is 11.8 Å². The van der Waals surface area contributed by atoms with E-state index in [-0.39, 0.29) is 25.0 Å². The highest BCUT2D eigenvalue weighted by atomic mass is 16.2. The first-order valence-electron chi connectivity index (χ1n) is 4.69. The van der Waals surface area contributed by atoms with Crippen LogP contribution >= 0.6 is 0 Å². The van der Waals surface area contributed by atoms with Crippen LogP contribution in [0.25, 0.3) is 0 Å². The average Bonchev–Trinajstić information content (AvgIpc) is 2.21. The second-order valence-electron chi connectivity index (χ2n) is 3.25. The molecule has 0 aliphatic heterocycles. The van der Waals surface area contributed by atoms with Gasteiger partial charge in [0.2, 0.25) is 5.91 Å². The molecule has 0 saturated heterocycles. The van der Waals surface area contributed by atoms with Crippen LogP contribution in [0.1, 0.15) is 13.8 Å². The summed E-state index contributed by atoms with van der Waals surface area (Å²) in [5.41, 5.74) is 0. The van der Waals surface area contributed by atoms with Gasteiger partial charge in [-0.25, -0.2) is 0 Å². The number of amides is 3. The summed E-state index contributed by atoms with van der Waals surface area (Å²) in [7, 11) is 0. The molecule has 0 fully saturated rings. The molecule has 0 aromatic rings. The Bertz CT molecular complexity index is 319. The zero-order valence-corrected chi connectivity index (χ0v) is 9.16. The van der Waals surface area contributed by atoms with E-state index in [2.05, 4.69) is 16.0 Å². The van der Waals surface area contributed by atoms with E-state index in [1.807, 2.05) is 0 Å². The molecule has 7 heteroatoms. The molecule has 0 atom stereocenters. The fourth-order valence-electron chi connectivity index (χ4n) is 0.814. The monoisotopic (exact) mass is 226 g/mol. The van der Waals surface area contributed by atoms with Crippen molar-refractivity contribution in [3.05, 3.63) is 0 Å². The van der Waals surface area contributed by atoms with Gasteiger partial charge in [-0.15, -0.1) is 0 Å². The predicted octanol–water partition coefficient (Wildman–Crippen LogP) is -1.73. The minimum atomic E-state index is -0.936. The van der Waals surface area contributed by atoms with E-state index in [9.17, 15) is 14.4 Å². The van der Waals surface area contributed by atoms with Gasteiger partial charge in [0.15, 0.2) is 0 Å². The molecule has 0 aliphatic carbocycles. The Morgan fingerprint density at radius 2 is 1.75 bits per heavy atom. The van der Waals surface area contributed by atoms with Crippen LogP contribution in [0, 0.1) is 11.3 Å². The fraction of sp³-hybridized carbons (Fsp3) is 0.556. The smallest absolute Gasteiger partial charge is 0.310 e. The van der Waals surface area contributed by atoms with Crippen molar-refractivity contribution in [2.75, 3.05) is 13.1 Å². The van der Waals surface area contributed by atoms with Crippen LogP contribution in [-0.2, 0) is 14.4 Å². The summed E-state index contributed by atoms with van der Waals surface area (Å²) in [5, 5.41) is 14.9. The van der Waals surface area contributed by atoms with Crippen LogP contribution in [0.5, 0.6) is 0 Å². The van der Waals surface area contributed by atoms with E-state index in [4.69, 9.17) is 5.26 Å². The largest absolute Gasteiger partial charge is 0.352 e. The second kappa shape index (κ2) is 7.23. The van der Waals surface area contributed by atoms with Crippen LogP contribution in [0.2, 0.25) is 0 Å². The summed E-state index contributed by atoms with van der Waals surface area (Å²) >= 11 is 0. The van der Waals surface area contributed by atoms with Crippen molar-refractivity contribution in [1.29, 1.82) is 5.26 Å². The first kappa shape index (κ1) is 13.9. The Kier molecular flexibility index (Phi) is 6.28. The topological polar surface area (TPSA) is 111 Å². The first-order chi connectivity index (χ1) is 7.47. The summed E-state index contributed by atoms with van der Waals surface area (Å²) in [4.78, 5) is 33.0. The highest BCUT2D eigenvalue weighted by molar-refractivity contribution is 6.35. The van der Waals surface area contributed by atoms with Crippen molar-refractivity contribution in [3.63, 3.8) is 0 Å². The normalized spacial score (nSPS) is 9.12. The minimum absolute atomic E-state index is 0.0307. The van der Waals surface area contributed by atoms with E-state index in [1.165, 1.54) is 0 Å². The molecular weight excluding hydrogens is 212 g/mol.